The van der Waals surface area contributed by atoms with Crippen molar-refractivity contribution in [1.82, 2.24) is 5.32 Å². The van der Waals surface area contributed by atoms with Crippen LogP contribution < -0.4 is 5.32 Å². The van der Waals surface area contributed by atoms with E-state index >= 15 is 0 Å². The molecule has 4 N–H and O–H groups in total. The maximum Gasteiger partial charge on any atom is 0.267 e. The summed E-state index contributed by atoms with van der Waals surface area (Å²) in [5.74, 6) is -1.65. The van der Waals surface area contributed by atoms with Crippen LogP contribution in [-0.4, -0.2) is 53.1 Å². The highest BCUT2D eigenvalue weighted by Gasteiger charge is 2.27. The minimum Gasteiger partial charge on any atom is -0.387 e. The number of allylic oxidation sites excluding steroid dienone is 6. The van der Waals surface area contributed by atoms with Crippen molar-refractivity contribution in [3.8, 4) is 0 Å². The Bertz CT molecular complexity index is 850. The Morgan fingerprint density at radius 1 is 0.683 bits per heavy atom. The fourth-order valence-electron chi connectivity index (χ4n) is 4.34. The Morgan fingerprint density at radius 3 is 1.76 bits per heavy atom. The van der Waals surface area contributed by atoms with Gasteiger partial charge < -0.3 is 15.5 Å². The van der Waals surface area contributed by atoms with Crippen LogP contribution in [0.25, 0.3) is 0 Å². The van der Waals surface area contributed by atoms with Gasteiger partial charge in [-0.25, -0.2) is 0 Å². The first-order valence-corrected chi connectivity index (χ1v) is 17.6. The second-order valence-corrected chi connectivity index (χ2v) is 12.4. The van der Waals surface area contributed by atoms with Gasteiger partial charge in [-0.05, 0) is 44.9 Å². The first-order chi connectivity index (χ1) is 19.7. The number of unbranched alkanes of at least 4 members (excludes halogenated alkanes) is 13. The zero-order valence-electron chi connectivity index (χ0n) is 25.8. The molecule has 0 aromatic rings. The molecule has 3 unspecified atom stereocenters. The zero-order valence-corrected chi connectivity index (χ0v) is 26.6. The van der Waals surface area contributed by atoms with Crippen LogP contribution in [0.2, 0.25) is 0 Å². The standard InChI is InChI=1S/C33H59NO6S/c1-3-5-7-9-11-13-15-17-19-21-23-25-27-31(35)30(29-41(38,39)40)34-33(37)32(36)28-26-24-22-20-18-16-14-12-10-8-6-4-2/h17-20,24-27,30-32,35-36H,3-16,21-23,28-29H2,1-2H3,(H,34,37)(H,38,39,40)/b19-17+,20-18-,26-24-,27-25+. The first kappa shape index (κ1) is 39.3. The topological polar surface area (TPSA) is 124 Å². The normalized spacial score (nSPS) is 15.0. The van der Waals surface area contributed by atoms with E-state index in [0.717, 1.165) is 19.3 Å². The van der Waals surface area contributed by atoms with Crippen molar-refractivity contribution < 1.29 is 28.0 Å². The summed E-state index contributed by atoms with van der Waals surface area (Å²) in [6.45, 7) is 4.42. The smallest absolute Gasteiger partial charge is 0.267 e. The number of carbonyl (C=O) groups excluding carboxylic acids is 1. The van der Waals surface area contributed by atoms with E-state index in [1.165, 1.54) is 83.1 Å². The third kappa shape index (κ3) is 26.9. The summed E-state index contributed by atoms with van der Waals surface area (Å²) in [4.78, 5) is 12.4. The summed E-state index contributed by atoms with van der Waals surface area (Å²) in [5, 5.41) is 23.0. The molecule has 3 atom stereocenters. The predicted molar refractivity (Wildman–Crippen MR) is 171 cm³/mol. The number of rotatable bonds is 27. The number of carbonyl (C=O) groups is 1. The van der Waals surface area contributed by atoms with Crippen molar-refractivity contribution in [2.24, 2.45) is 0 Å². The fraction of sp³-hybridized carbons (Fsp3) is 0.727. The van der Waals surface area contributed by atoms with Crippen LogP contribution in [0.15, 0.2) is 48.6 Å². The van der Waals surface area contributed by atoms with E-state index in [-0.39, 0.29) is 6.42 Å². The highest BCUT2D eigenvalue weighted by Crippen LogP contribution is 2.09. The fourth-order valence-corrected chi connectivity index (χ4v) is 5.07. The molecule has 8 heteroatoms. The molecule has 0 fully saturated rings. The van der Waals surface area contributed by atoms with Crippen LogP contribution in [0.5, 0.6) is 0 Å². The third-order valence-electron chi connectivity index (χ3n) is 6.85. The van der Waals surface area contributed by atoms with Crippen LogP contribution >= 0.6 is 0 Å². The van der Waals surface area contributed by atoms with Gasteiger partial charge in [-0.1, -0.05) is 127 Å². The molecule has 238 valence electrons. The average molecular weight is 598 g/mol. The summed E-state index contributed by atoms with van der Waals surface area (Å²) in [5.41, 5.74) is 0. The first-order valence-electron chi connectivity index (χ1n) is 15.9. The Kier molecular flexibility index (Phi) is 26.0. The van der Waals surface area contributed by atoms with Crippen molar-refractivity contribution >= 4 is 16.0 Å². The lowest BCUT2D eigenvalue weighted by Crippen LogP contribution is -2.50. The van der Waals surface area contributed by atoms with Gasteiger partial charge in [0.1, 0.15) is 6.10 Å². The van der Waals surface area contributed by atoms with E-state index in [9.17, 15) is 28.0 Å². The van der Waals surface area contributed by atoms with Gasteiger partial charge in [0.05, 0.1) is 17.9 Å². The van der Waals surface area contributed by atoms with Gasteiger partial charge in [0.25, 0.3) is 10.1 Å². The summed E-state index contributed by atoms with van der Waals surface area (Å²) < 4.78 is 32.2. The van der Waals surface area contributed by atoms with Crippen molar-refractivity contribution in [2.75, 3.05) is 5.75 Å². The van der Waals surface area contributed by atoms with Crippen LogP contribution in [-0.2, 0) is 14.9 Å². The third-order valence-corrected chi connectivity index (χ3v) is 7.63. The monoisotopic (exact) mass is 597 g/mol. The molecule has 0 rings (SSSR count). The number of amides is 1. The number of nitrogens with one attached hydrogen (secondary N) is 1. The molecule has 0 aliphatic heterocycles. The van der Waals surface area contributed by atoms with Gasteiger partial charge in [-0.15, -0.1) is 0 Å². The molecule has 0 aromatic heterocycles. The molecule has 0 radical (unpaired) electrons. The maximum atomic E-state index is 12.4. The SMILES string of the molecule is CCCCCCCC/C=C\C/C=C\CC(O)C(=O)NC(CS(=O)(=O)O)C(O)/C=C/CC/C=C/CCCCCCCC. The summed E-state index contributed by atoms with van der Waals surface area (Å²) >= 11 is 0. The lowest BCUT2D eigenvalue weighted by molar-refractivity contribution is -0.130. The molecule has 0 aliphatic carbocycles. The Labute approximate surface area is 251 Å². The Balaban J connectivity index is 4.41. The molecular weight excluding hydrogens is 538 g/mol. The molecule has 0 spiro atoms. The van der Waals surface area contributed by atoms with Crippen LogP contribution in [0.1, 0.15) is 129 Å². The zero-order chi connectivity index (χ0) is 30.6. The van der Waals surface area contributed by atoms with E-state index in [0.29, 0.717) is 12.8 Å². The Morgan fingerprint density at radius 2 is 1.17 bits per heavy atom. The summed E-state index contributed by atoms with van der Waals surface area (Å²) in [7, 11) is -4.46. The molecule has 0 saturated heterocycles. The molecule has 0 saturated carbocycles. The van der Waals surface area contributed by atoms with Gasteiger partial charge in [0.2, 0.25) is 5.91 Å². The van der Waals surface area contributed by atoms with Gasteiger partial charge in [0.15, 0.2) is 0 Å². The van der Waals surface area contributed by atoms with E-state index < -0.39 is 40.0 Å². The number of hydrogen-bond acceptors (Lipinski definition) is 5. The van der Waals surface area contributed by atoms with Gasteiger partial charge in [-0.2, -0.15) is 8.42 Å². The number of aliphatic hydroxyl groups excluding tert-OH is 2. The van der Waals surface area contributed by atoms with Crippen molar-refractivity contribution in [1.29, 1.82) is 0 Å². The van der Waals surface area contributed by atoms with Crippen LogP contribution in [0, 0.1) is 0 Å². The van der Waals surface area contributed by atoms with E-state index in [1.54, 1.807) is 12.2 Å². The molecule has 41 heavy (non-hydrogen) atoms. The van der Waals surface area contributed by atoms with E-state index in [2.05, 4.69) is 43.5 Å². The van der Waals surface area contributed by atoms with Gasteiger partial charge in [0, 0.05) is 6.42 Å². The minimum atomic E-state index is -4.46. The molecule has 0 heterocycles. The quantitative estimate of drug-likeness (QED) is 0.0445. The number of aliphatic hydroxyl groups is 2. The number of hydrogen-bond donors (Lipinski definition) is 4. The second-order valence-electron chi connectivity index (χ2n) is 10.9. The van der Waals surface area contributed by atoms with Crippen molar-refractivity contribution in [2.45, 2.75) is 148 Å². The summed E-state index contributed by atoms with van der Waals surface area (Å²) in [6.07, 6.45) is 31.9. The molecule has 0 aliphatic rings. The molecule has 7 nitrogen and oxygen atoms in total. The second kappa shape index (κ2) is 27.1. The highest BCUT2D eigenvalue weighted by atomic mass is 32.2. The lowest BCUT2D eigenvalue weighted by Gasteiger charge is -2.22. The Hall–Kier alpha value is -1.74. The van der Waals surface area contributed by atoms with Gasteiger partial charge in [-0.3, -0.25) is 9.35 Å². The predicted octanol–water partition coefficient (Wildman–Crippen LogP) is 7.37. The lowest BCUT2D eigenvalue weighted by atomic mass is 10.1. The van der Waals surface area contributed by atoms with Crippen molar-refractivity contribution in [3.63, 3.8) is 0 Å². The summed E-state index contributed by atoms with van der Waals surface area (Å²) in [6, 6.07) is -1.28. The minimum absolute atomic E-state index is 0.0622. The largest absolute Gasteiger partial charge is 0.387 e. The average Bonchev–Trinajstić information content (AvgIpc) is 2.92. The van der Waals surface area contributed by atoms with Gasteiger partial charge >= 0.3 is 0 Å². The molecule has 0 bridgehead atoms. The maximum absolute atomic E-state index is 12.4. The van der Waals surface area contributed by atoms with Crippen LogP contribution in [0.4, 0.5) is 0 Å². The van der Waals surface area contributed by atoms with Crippen LogP contribution in [0.3, 0.4) is 0 Å². The molecule has 0 aromatic carbocycles. The van der Waals surface area contributed by atoms with E-state index in [1.807, 2.05) is 6.08 Å². The molecule has 1 amide bonds. The highest BCUT2D eigenvalue weighted by molar-refractivity contribution is 7.85. The van der Waals surface area contributed by atoms with E-state index in [4.69, 9.17) is 0 Å². The molecular formula is C33H59NO6S. The van der Waals surface area contributed by atoms with Crippen molar-refractivity contribution in [3.05, 3.63) is 48.6 Å².